The number of aromatic nitrogens is 5. The van der Waals surface area contributed by atoms with Crippen LogP contribution < -0.4 is 21.7 Å². The van der Waals surface area contributed by atoms with Crippen LogP contribution in [0.1, 0.15) is 41.0 Å². The molecule has 0 atom stereocenters. The highest BCUT2D eigenvalue weighted by Crippen LogP contribution is 2.25. The summed E-state index contributed by atoms with van der Waals surface area (Å²) in [5, 5.41) is 20.0. The molecule has 4 aromatic heterocycles. The number of carbonyl (C=O) groups is 1. The number of imidazole rings is 1. The van der Waals surface area contributed by atoms with Crippen molar-refractivity contribution in [2.75, 3.05) is 26.2 Å². The van der Waals surface area contributed by atoms with E-state index in [4.69, 9.17) is 9.98 Å². The van der Waals surface area contributed by atoms with E-state index < -0.39 is 5.69 Å². The summed E-state index contributed by atoms with van der Waals surface area (Å²) in [6.07, 6.45) is 7.77. The van der Waals surface area contributed by atoms with Crippen molar-refractivity contribution in [1.29, 1.82) is 0 Å². The van der Waals surface area contributed by atoms with Crippen molar-refractivity contribution in [2.24, 2.45) is 4.99 Å². The minimum Gasteiger partial charge on any atom is -0.493 e. The second-order valence-electron chi connectivity index (χ2n) is 9.19. The van der Waals surface area contributed by atoms with Crippen LogP contribution in [0.5, 0.6) is 5.88 Å². The van der Waals surface area contributed by atoms with Gasteiger partial charge in [-0.1, -0.05) is 0 Å². The largest absolute Gasteiger partial charge is 0.493 e. The Morgan fingerprint density at radius 1 is 1.28 bits per heavy atom. The molecule has 0 spiro atoms. The number of aromatic amines is 2. The minimum absolute atomic E-state index is 0.0836. The fourth-order valence-electron chi connectivity index (χ4n) is 4.35. The fraction of sp³-hybridized carbons (Fsp3) is 0.375. The molecule has 0 bridgehead atoms. The summed E-state index contributed by atoms with van der Waals surface area (Å²) in [4.78, 5) is 41.7. The molecule has 1 saturated carbocycles. The number of hydrogen-bond acceptors (Lipinski definition) is 8. The summed E-state index contributed by atoms with van der Waals surface area (Å²) in [6.45, 7) is 3.71. The molecule has 1 amide bonds. The molecule has 12 heteroatoms. The molecule has 5 heterocycles. The van der Waals surface area contributed by atoms with Gasteiger partial charge in [0.25, 0.3) is 5.91 Å². The van der Waals surface area contributed by atoms with Gasteiger partial charge in [-0.25, -0.2) is 9.78 Å². The van der Waals surface area contributed by atoms with E-state index in [0.29, 0.717) is 33.5 Å². The fourth-order valence-corrected chi connectivity index (χ4v) is 5.17. The Labute approximate surface area is 209 Å². The molecule has 4 N–H and O–H groups in total. The van der Waals surface area contributed by atoms with E-state index in [1.807, 2.05) is 17.5 Å². The lowest BCUT2D eigenvalue weighted by molar-refractivity contribution is 0.0954. The topological polar surface area (TPSA) is 144 Å². The van der Waals surface area contributed by atoms with Crippen LogP contribution in [-0.4, -0.2) is 72.7 Å². The zero-order valence-electron chi connectivity index (χ0n) is 19.5. The number of nitrogens with zero attached hydrogens (tertiary/aromatic N) is 5. The van der Waals surface area contributed by atoms with E-state index in [-0.39, 0.29) is 23.5 Å². The van der Waals surface area contributed by atoms with Crippen LogP contribution in [0.25, 0.3) is 23.0 Å². The lowest BCUT2D eigenvalue weighted by Crippen LogP contribution is -2.33. The highest BCUT2D eigenvalue weighted by Gasteiger charge is 2.21. The van der Waals surface area contributed by atoms with Gasteiger partial charge in [0.1, 0.15) is 5.69 Å². The number of thiophene rings is 1. The number of amides is 1. The Hall–Kier alpha value is -3.77. The molecular formula is C24H26N8O3S. The second-order valence-corrected chi connectivity index (χ2v) is 10.1. The molecule has 2 aliphatic rings. The molecule has 4 aromatic rings. The van der Waals surface area contributed by atoms with Gasteiger partial charge in [-0.3, -0.25) is 14.8 Å². The average Bonchev–Trinajstić information content (AvgIpc) is 3.27. The summed E-state index contributed by atoms with van der Waals surface area (Å²) in [6, 6.07) is 4.00. The smallest absolute Gasteiger partial charge is 0.326 e. The average molecular weight is 507 g/mol. The molecule has 36 heavy (non-hydrogen) atoms. The number of nitrogens with one attached hydrogen (secondary N) is 3. The second kappa shape index (κ2) is 9.36. The van der Waals surface area contributed by atoms with Gasteiger partial charge < -0.3 is 20.3 Å². The molecule has 1 aliphatic carbocycles. The molecule has 1 aliphatic heterocycles. The van der Waals surface area contributed by atoms with Gasteiger partial charge in [0.05, 0.1) is 22.8 Å². The summed E-state index contributed by atoms with van der Waals surface area (Å²) in [5.41, 5.74) is 2.45. The zero-order valence-corrected chi connectivity index (χ0v) is 20.3. The first kappa shape index (κ1) is 22.7. The number of H-pyrrole nitrogens is 2. The van der Waals surface area contributed by atoms with E-state index in [0.717, 1.165) is 38.0 Å². The number of fused-ring (bicyclic) bond motifs is 1. The van der Waals surface area contributed by atoms with Gasteiger partial charge in [-0.15, -0.1) is 11.3 Å². The molecule has 0 aromatic carbocycles. The first-order valence-corrected chi connectivity index (χ1v) is 13.0. The monoisotopic (exact) mass is 506 g/mol. The maximum Gasteiger partial charge on any atom is 0.326 e. The standard InChI is InChI=1S/C24H26N8O3S/c33-22-18(29-24(35)30-22)9-14-12-26-32-20(27-16-3-4-16)11-17(28-21(14)32)15-10-19(36-13-15)23(34)25-5-8-31-6-1-2-7-31/h9-13,16,33H,1-8H2,(H,25,34)(H2,29,30,35). The van der Waals surface area contributed by atoms with E-state index in [9.17, 15) is 14.7 Å². The predicted molar refractivity (Wildman–Crippen MR) is 135 cm³/mol. The Kier molecular flexibility index (Phi) is 5.89. The van der Waals surface area contributed by atoms with E-state index in [1.54, 1.807) is 16.8 Å². The summed E-state index contributed by atoms with van der Waals surface area (Å²) in [7, 11) is 0. The molecule has 11 nitrogen and oxygen atoms in total. The zero-order chi connectivity index (χ0) is 24.6. The van der Waals surface area contributed by atoms with Crippen LogP contribution >= 0.6 is 11.3 Å². The van der Waals surface area contributed by atoms with Gasteiger partial charge >= 0.3 is 5.69 Å². The normalized spacial score (nSPS) is 17.4. The highest BCUT2D eigenvalue weighted by molar-refractivity contribution is 7.12. The molecule has 2 fully saturated rings. The number of rotatable bonds is 7. The molecule has 0 radical (unpaired) electrons. The van der Waals surface area contributed by atoms with Crippen molar-refractivity contribution in [3.05, 3.63) is 55.5 Å². The Morgan fingerprint density at radius 3 is 2.86 bits per heavy atom. The quantitative estimate of drug-likeness (QED) is 0.289. The van der Waals surface area contributed by atoms with Crippen LogP contribution in [0, 0.1) is 0 Å². The Balaban J connectivity index is 1.33. The third-order valence-corrected chi connectivity index (χ3v) is 7.34. The van der Waals surface area contributed by atoms with Gasteiger partial charge in [-0.2, -0.15) is 9.61 Å². The first-order chi connectivity index (χ1) is 17.5. The van der Waals surface area contributed by atoms with Gasteiger partial charge in [0.15, 0.2) is 11.1 Å². The van der Waals surface area contributed by atoms with Crippen LogP contribution in [0.3, 0.4) is 0 Å². The molecule has 6 rings (SSSR count). The number of aromatic hydroxyl groups is 1. The molecule has 186 valence electrons. The van der Waals surface area contributed by atoms with Crippen molar-refractivity contribution in [2.45, 2.75) is 31.7 Å². The van der Waals surface area contributed by atoms with Crippen molar-refractivity contribution in [3.63, 3.8) is 0 Å². The summed E-state index contributed by atoms with van der Waals surface area (Å²) in [5.74, 6) is -0.337. The van der Waals surface area contributed by atoms with Crippen LogP contribution in [-0.2, 0) is 0 Å². The van der Waals surface area contributed by atoms with E-state index in [1.165, 1.54) is 24.2 Å². The Bertz CT molecular complexity index is 1600. The number of likely N-dealkylation sites (tertiary alicyclic amines) is 1. The van der Waals surface area contributed by atoms with Crippen molar-refractivity contribution < 1.29 is 9.90 Å². The van der Waals surface area contributed by atoms with E-state index >= 15 is 0 Å². The maximum atomic E-state index is 12.7. The Morgan fingerprint density at radius 2 is 2.11 bits per heavy atom. The van der Waals surface area contributed by atoms with E-state index in [2.05, 4.69) is 25.3 Å². The predicted octanol–water partition coefficient (Wildman–Crippen LogP) is 0.616. The lowest BCUT2D eigenvalue weighted by atomic mass is 10.2. The van der Waals surface area contributed by atoms with Crippen molar-refractivity contribution >= 4 is 29.0 Å². The third kappa shape index (κ3) is 4.69. The van der Waals surface area contributed by atoms with Crippen molar-refractivity contribution in [1.82, 2.24) is 34.8 Å². The van der Waals surface area contributed by atoms with Crippen LogP contribution in [0.4, 0.5) is 0 Å². The summed E-state index contributed by atoms with van der Waals surface area (Å²) >= 11 is 1.38. The van der Waals surface area contributed by atoms with Crippen molar-refractivity contribution in [3.8, 4) is 17.1 Å². The maximum absolute atomic E-state index is 12.7. The van der Waals surface area contributed by atoms with Crippen LogP contribution in [0.2, 0.25) is 0 Å². The highest BCUT2D eigenvalue weighted by atomic mass is 32.1. The number of carbonyl (C=O) groups excluding carboxylic acids is 1. The van der Waals surface area contributed by atoms with Gasteiger partial charge in [-0.05, 0) is 50.9 Å². The SMILES string of the molecule is O=C(NCCN1CCCC1)c1cc(-c2cc(=NC3CC3)n3ncc(=Cc4[nH]c(=O)[nH]c4O)c3n2)cs1. The third-order valence-electron chi connectivity index (χ3n) is 6.41. The molecular weight excluding hydrogens is 480 g/mol. The van der Waals surface area contributed by atoms with Crippen LogP contribution in [0.15, 0.2) is 33.5 Å². The summed E-state index contributed by atoms with van der Waals surface area (Å²) < 4.78 is 1.66. The number of hydrogen-bond donors (Lipinski definition) is 4. The van der Waals surface area contributed by atoms with Gasteiger partial charge in [0, 0.05) is 35.3 Å². The molecule has 0 unspecified atom stereocenters. The minimum atomic E-state index is -0.502. The molecule has 1 saturated heterocycles. The van der Waals surface area contributed by atoms with Gasteiger partial charge in [0.2, 0.25) is 5.88 Å². The first-order valence-electron chi connectivity index (χ1n) is 12.1. The lowest BCUT2D eigenvalue weighted by Gasteiger charge is -2.14.